The van der Waals surface area contributed by atoms with E-state index >= 15 is 0 Å². The third-order valence-electron chi connectivity index (χ3n) is 3.44. The van der Waals surface area contributed by atoms with Gasteiger partial charge in [0.05, 0.1) is 15.5 Å². The summed E-state index contributed by atoms with van der Waals surface area (Å²) in [5.41, 5.74) is -0.715. The average Bonchev–Trinajstić information content (AvgIpc) is 2.55. The van der Waals surface area contributed by atoms with Crippen LogP contribution in [0.1, 0.15) is 5.56 Å². The number of hydrogen-bond donors (Lipinski definition) is 1. The van der Waals surface area contributed by atoms with Crippen LogP contribution in [0.5, 0.6) is 0 Å². The number of nitro groups is 1. The van der Waals surface area contributed by atoms with Gasteiger partial charge in [-0.15, -0.1) is 0 Å². The summed E-state index contributed by atoms with van der Waals surface area (Å²) in [7, 11) is -4.59. The highest BCUT2D eigenvalue weighted by Crippen LogP contribution is 2.28. The van der Waals surface area contributed by atoms with Gasteiger partial charge in [0.2, 0.25) is 0 Å². The molecule has 2 rings (SSSR count). The van der Waals surface area contributed by atoms with E-state index in [4.69, 9.17) is 5.11 Å². The fourth-order valence-corrected chi connectivity index (χ4v) is 3.58. The minimum Gasteiger partial charge on any atom is -0.480 e. The zero-order valence-electron chi connectivity index (χ0n) is 13.2. The number of aryl methyl sites for hydroxylation is 1. The number of aliphatic carboxylic acids is 1. The molecule has 1 N–H and O–H groups in total. The number of carboxylic acids is 1. The number of carbonyl (C=O) groups is 1. The Kier molecular flexibility index (Phi) is 5.21. The fraction of sp³-hybridized carbons (Fsp3) is 0.133. The Morgan fingerprint density at radius 1 is 1.19 bits per heavy atom. The van der Waals surface area contributed by atoms with E-state index in [-0.39, 0.29) is 5.56 Å². The number of sulfonamides is 1. The fourth-order valence-electron chi connectivity index (χ4n) is 2.15. The minimum atomic E-state index is -4.59. The molecule has 0 saturated heterocycles. The quantitative estimate of drug-likeness (QED) is 0.602. The van der Waals surface area contributed by atoms with Crippen molar-refractivity contribution in [2.45, 2.75) is 11.8 Å². The second-order valence-electron chi connectivity index (χ2n) is 5.21. The summed E-state index contributed by atoms with van der Waals surface area (Å²) < 4.78 is 52.4. The summed E-state index contributed by atoms with van der Waals surface area (Å²) in [4.78, 5) is 20.7. The van der Waals surface area contributed by atoms with E-state index in [0.29, 0.717) is 16.4 Å². The number of halogens is 2. The van der Waals surface area contributed by atoms with Gasteiger partial charge in [0.1, 0.15) is 6.54 Å². The van der Waals surface area contributed by atoms with Crippen molar-refractivity contribution in [3.8, 4) is 0 Å². The molecule has 0 aliphatic carbocycles. The molecule has 0 radical (unpaired) electrons. The molecule has 0 saturated carbocycles. The van der Waals surface area contributed by atoms with Gasteiger partial charge < -0.3 is 5.11 Å². The van der Waals surface area contributed by atoms with Gasteiger partial charge in [0, 0.05) is 17.7 Å². The molecule has 0 bridgehead atoms. The summed E-state index contributed by atoms with van der Waals surface area (Å²) in [6.45, 7) is 0.313. The summed E-state index contributed by atoms with van der Waals surface area (Å²) in [6, 6.07) is 5.09. The van der Waals surface area contributed by atoms with Gasteiger partial charge in [-0.25, -0.2) is 17.2 Å². The third kappa shape index (κ3) is 3.77. The summed E-state index contributed by atoms with van der Waals surface area (Å²) in [6.07, 6.45) is 0. The van der Waals surface area contributed by atoms with E-state index in [1.165, 1.54) is 13.0 Å². The van der Waals surface area contributed by atoms with Crippen LogP contribution in [-0.2, 0) is 14.8 Å². The van der Waals surface area contributed by atoms with Crippen molar-refractivity contribution in [3.05, 3.63) is 63.7 Å². The highest BCUT2D eigenvalue weighted by molar-refractivity contribution is 7.92. The molecule has 0 aromatic heterocycles. The van der Waals surface area contributed by atoms with E-state index in [2.05, 4.69) is 0 Å². The van der Waals surface area contributed by atoms with E-state index < -0.39 is 55.4 Å². The molecule has 138 valence electrons. The molecule has 0 amide bonds. The first-order valence-electron chi connectivity index (χ1n) is 6.98. The van der Waals surface area contributed by atoms with Crippen molar-refractivity contribution >= 4 is 27.4 Å². The Balaban J connectivity index is 2.63. The lowest BCUT2D eigenvalue weighted by Crippen LogP contribution is -2.35. The molecule has 0 aliphatic heterocycles. The van der Waals surface area contributed by atoms with Crippen LogP contribution < -0.4 is 4.31 Å². The van der Waals surface area contributed by atoms with Crippen LogP contribution in [0.15, 0.2) is 41.3 Å². The number of nitrogens with zero attached hydrogens (tertiary/aromatic N) is 2. The SMILES string of the molecule is Cc1ccc(S(=O)(=O)N(CC(=O)O)c2ccc(F)c(F)c2)cc1[N+](=O)[O-]. The monoisotopic (exact) mass is 386 g/mol. The van der Waals surface area contributed by atoms with Gasteiger partial charge in [-0.2, -0.15) is 0 Å². The van der Waals surface area contributed by atoms with Crippen LogP contribution in [0.25, 0.3) is 0 Å². The zero-order valence-corrected chi connectivity index (χ0v) is 14.0. The van der Waals surface area contributed by atoms with Gasteiger partial charge >= 0.3 is 5.97 Å². The molecule has 11 heteroatoms. The smallest absolute Gasteiger partial charge is 0.324 e. The topological polar surface area (TPSA) is 118 Å². The normalized spacial score (nSPS) is 11.2. The van der Waals surface area contributed by atoms with Crippen molar-refractivity contribution in [2.75, 3.05) is 10.8 Å². The van der Waals surface area contributed by atoms with E-state index in [1.807, 2.05) is 0 Å². The van der Waals surface area contributed by atoms with Crippen LogP contribution in [0.3, 0.4) is 0 Å². The number of carboxylic acid groups (broad SMARTS) is 1. The van der Waals surface area contributed by atoms with E-state index in [9.17, 15) is 32.1 Å². The summed E-state index contributed by atoms with van der Waals surface area (Å²) in [5, 5.41) is 20.0. The Hall–Kier alpha value is -3.08. The second kappa shape index (κ2) is 7.04. The second-order valence-corrected chi connectivity index (χ2v) is 7.07. The molecule has 0 spiro atoms. The molecule has 2 aromatic rings. The number of rotatable bonds is 6. The Bertz CT molecular complexity index is 994. The maximum absolute atomic E-state index is 13.5. The largest absolute Gasteiger partial charge is 0.480 e. The van der Waals surface area contributed by atoms with Crippen molar-refractivity contribution in [1.29, 1.82) is 0 Å². The number of benzene rings is 2. The van der Waals surface area contributed by atoms with Gasteiger partial charge in [-0.05, 0) is 25.1 Å². The molecule has 0 fully saturated rings. The van der Waals surface area contributed by atoms with E-state index in [0.717, 1.165) is 18.2 Å². The Morgan fingerprint density at radius 2 is 1.85 bits per heavy atom. The van der Waals surface area contributed by atoms with Crippen LogP contribution >= 0.6 is 0 Å². The lowest BCUT2D eigenvalue weighted by molar-refractivity contribution is -0.385. The molecule has 0 aliphatic rings. The molecule has 26 heavy (non-hydrogen) atoms. The summed E-state index contributed by atoms with van der Waals surface area (Å²) in [5.74, 6) is -4.17. The van der Waals surface area contributed by atoms with Gasteiger partial charge in [-0.1, -0.05) is 6.07 Å². The zero-order chi connectivity index (χ0) is 19.6. The molecule has 0 unspecified atom stereocenters. The number of hydrogen-bond acceptors (Lipinski definition) is 5. The minimum absolute atomic E-state index is 0.201. The molecular weight excluding hydrogens is 374 g/mol. The van der Waals surface area contributed by atoms with Gasteiger partial charge in [0.25, 0.3) is 15.7 Å². The first-order chi connectivity index (χ1) is 12.0. The van der Waals surface area contributed by atoms with Gasteiger partial charge in [0.15, 0.2) is 11.6 Å². The van der Waals surface area contributed by atoms with Crippen LogP contribution in [0, 0.1) is 28.7 Å². The molecule has 2 aromatic carbocycles. The number of nitro benzene ring substituents is 1. The number of anilines is 1. The first kappa shape index (κ1) is 19.2. The van der Waals surface area contributed by atoms with E-state index in [1.54, 1.807) is 0 Å². The average molecular weight is 386 g/mol. The third-order valence-corrected chi connectivity index (χ3v) is 5.21. The van der Waals surface area contributed by atoms with Crippen LogP contribution in [0.4, 0.5) is 20.2 Å². The van der Waals surface area contributed by atoms with Crippen LogP contribution in [0.2, 0.25) is 0 Å². The molecule has 8 nitrogen and oxygen atoms in total. The van der Waals surface area contributed by atoms with Crippen molar-refractivity contribution in [2.24, 2.45) is 0 Å². The molecule has 0 atom stereocenters. The van der Waals surface area contributed by atoms with Gasteiger partial charge in [-0.3, -0.25) is 19.2 Å². The lowest BCUT2D eigenvalue weighted by Gasteiger charge is -2.23. The predicted molar refractivity (Wildman–Crippen MR) is 86.4 cm³/mol. The Labute approximate surface area is 146 Å². The highest BCUT2D eigenvalue weighted by Gasteiger charge is 2.29. The van der Waals surface area contributed by atoms with Crippen molar-refractivity contribution < 1.29 is 32.0 Å². The standard InChI is InChI=1S/C15H12F2N2O6S/c1-9-2-4-11(7-14(9)19(22)23)26(24,25)18(8-15(20)21)10-3-5-12(16)13(17)6-10/h2-7H,8H2,1H3,(H,20,21). The maximum atomic E-state index is 13.5. The predicted octanol–water partition coefficient (Wildman–Crippen LogP) is 2.46. The molecule has 0 heterocycles. The Morgan fingerprint density at radius 3 is 2.38 bits per heavy atom. The maximum Gasteiger partial charge on any atom is 0.324 e. The first-order valence-corrected chi connectivity index (χ1v) is 8.42. The van der Waals surface area contributed by atoms with Crippen molar-refractivity contribution in [1.82, 2.24) is 0 Å². The lowest BCUT2D eigenvalue weighted by atomic mass is 10.2. The van der Waals surface area contributed by atoms with Crippen molar-refractivity contribution in [3.63, 3.8) is 0 Å². The van der Waals surface area contributed by atoms with Crippen LogP contribution in [-0.4, -0.2) is 31.0 Å². The molecular formula is C15H12F2N2O6S. The summed E-state index contributed by atoms with van der Waals surface area (Å²) >= 11 is 0. The highest BCUT2D eigenvalue weighted by atomic mass is 32.2.